The molecule has 1 N–H and O–H groups in total. The van der Waals surface area contributed by atoms with E-state index in [1.165, 1.54) is 0 Å². The number of aryl methyl sites for hydroxylation is 2. The summed E-state index contributed by atoms with van der Waals surface area (Å²) in [6, 6.07) is 8.05. The van der Waals surface area contributed by atoms with Crippen LogP contribution in [0.4, 0.5) is 5.82 Å². The third-order valence-corrected chi connectivity index (χ3v) is 2.86. The third kappa shape index (κ3) is 3.02. The Morgan fingerprint density at radius 2 is 1.95 bits per heavy atom. The number of nitrogens with zero attached hydrogens (tertiary/aromatic N) is 2. The van der Waals surface area contributed by atoms with Gasteiger partial charge >= 0.3 is 0 Å². The lowest BCUT2D eigenvalue weighted by atomic mass is 10.1. The minimum Gasteiger partial charge on any atom is -0.494 e. The van der Waals surface area contributed by atoms with Crippen molar-refractivity contribution in [3.8, 4) is 17.0 Å². The fourth-order valence-electron chi connectivity index (χ4n) is 1.97. The molecule has 0 aliphatic carbocycles. The van der Waals surface area contributed by atoms with Gasteiger partial charge in [0.1, 0.15) is 17.4 Å². The van der Waals surface area contributed by atoms with Gasteiger partial charge in [-0.15, -0.1) is 0 Å². The first kappa shape index (κ1) is 13.3. The summed E-state index contributed by atoms with van der Waals surface area (Å²) < 4.78 is 5.55. The van der Waals surface area contributed by atoms with Gasteiger partial charge in [0.05, 0.1) is 12.3 Å². The molecular formula is C15H19N3O. The lowest BCUT2D eigenvalue weighted by molar-refractivity contribution is 0.338. The zero-order valence-electron chi connectivity index (χ0n) is 11.8. The number of ether oxygens (including phenoxy) is 1. The number of rotatable bonds is 4. The van der Waals surface area contributed by atoms with Crippen molar-refractivity contribution >= 4 is 5.82 Å². The number of benzene rings is 1. The molecule has 0 aliphatic heterocycles. The minimum atomic E-state index is 0.677. The molecule has 4 nitrogen and oxygen atoms in total. The lowest BCUT2D eigenvalue weighted by Crippen LogP contribution is -1.99. The smallest absolute Gasteiger partial charge is 0.130 e. The van der Waals surface area contributed by atoms with Crippen molar-refractivity contribution in [2.75, 3.05) is 19.0 Å². The Hall–Kier alpha value is -2.10. The van der Waals surface area contributed by atoms with Crippen LogP contribution in [-0.4, -0.2) is 23.6 Å². The molecular weight excluding hydrogens is 238 g/mol. The van der Waals surface area contributed by atoms with E-state index in [0.717, 1.165) is 34.2 Å². The van der Waals surface area contributed by atoms with E-state index in [2.05, 4.69) is 21.4 Å². The van der Waals surface area contributed by atoms with Gasteiger partial charge in [0.25, 0.3) is 0 Å². The summed E-state index contributed by atoms with van der Waals surface area (Å²) in [4.78, 5) is 8.78. The van der Waals surface area contributed by atoms with Crippen LogP contribution in [0.25, 0.3) is 11.3 Å². The fourth-order valence-corrected chi connectivity index (χ4v) is 1.97. The van der Waals surface area contributed by atoms with E-state index < -0.39 is 0 Å². The molecule has 0 radical (unpaired) electrons. The van der Waals surface area contributed by atoms with Gasteiger partial charge in [-0.2, -0.15) is 0 Å². The van der Waals surface area contributed by atoms with E-state index >= 15 is 0 Å². The summed E-state index contributed by atoms with van der Waals surface area (Å²) in [5, 5.41) is 3.05. The average Bonchev–Trinajstić information content (AvgIpc) is 2.40. The molecule has 19 heavy (non-hydrogen) atoms. The Morgan fingerprint density at radius 1 is 1.16 bits per heavy atom. The van der Waals surface area contributed by atoms with Crippen LogP contribution >= 0.6 is 0 Å². The van der Waals surface area contributed by atoms with Gasteiger partial charge in [-0.25, -0.2) is 9.97 Å². The maximum absolute atomic E-state index is 5.55. The maximum atomic E-state index is 5.55. The van der Waals surface area contributed by atoms with Crippen LogP contribution in [0.5, 0.6) is 5.75 Å². The van der Waals surface area contributed by atoms with Crippen LogP contribution in [0.1, 0.15) is 18.3 Å². The topological polar surface area (TPSA) is 47.0 Å². The van der Waals surface area contributed by atoms with Gasteiger partial charge < -0.3 is 10.1 Å². The highest BCUT2D eigenvalue weighted by Crippen LogP contribution is 2.26. The van der Waals surface area contributed by atoms with Crippen LogP contribution < -0.4 is 10.1 Å². The molecule has 0 atom stereocenters. The van der Waals surface area contributed by atoms with Crippen LogP contribution in [-0.2, 0) is 0 Å². The van der Waals surface area contributed by atoms with E-state index in [-0.39, 0.29) is 0 Å². The summed E-state index contributed by atoms with van der Waals surface area (Å²) in [5.41, 5.74) is 3.10. The first-order chi connectivity index (χ1) is 9.13. The molecule has 1 aromatic heterocycles. The second-order valence-corrected chi connectivity index (χ2v) is 4.35. The van der Waals surface area contributed by atoms with Crippen LogP contribution in [0.15, 0.2) is 24.3 Å². The van der Waals surface area contributed by atoms with E-state index in [4.69, 9.17) is 4.74 Å². The van der Waals surface area contributed by atoms with Crippen molar-refractivity contribution < 1.29 is 4.74 Å². The van der Waals surface area contributed by atoms with Gasteiger partial charge in [0.15, 0.2) is 0 Å². The van der Waals surface area contributed by atoms with Crippen molar-refractivity contribution in [3.63, 3.8) is 0 Å². The number of hydrogen-bond acceptors (Lipinski definition) is 4. The Labute approximate surface area is 113 Å². The van der Waals surface area contributed by atoms with Crippen molar-refractivity contribution in [2.24, 2.45) is 0 Å². The summed E-state index contributed by atoms with van der Waals surface area (Å²) in [7, 11) is 1.86. The Balaban J connectivity index is 2.41. The normalized spacial score (nSPS) is 10.3. The number of aromatic nitrogens is 2. The van der Waals surface area contributed by atoms with Crippen molar-refractivity contribution in [3.05, 3.63) is 35.7 Å². The molecule has 0 spiro atoms. The van der Waals surface area contributed by atoms with E-state index in [0.29, 0.717) is 6.61 Å². The fraction of sp³-hybridized carbons (Fsp3) is 0.333. The largest absolute Gasteiger partial charge is 0.494 e. The number of nitrogens with one attached hydrogen (secondary N) is 1. The highest BCUT2D eigenvalue weighted by molar-refractivity contribution is 5.64. The molecule has 1 aromatic carbocycles. The van der Waals surface area contributed by atoms with Crippen molar-refractivity contribution in [1.29, 1.82) is 0 Å². The standard InChI is InChI=1S/C15H19N3O/c1-5-19-14-7-6-12(8-10(14)2)13-9-15(16-4)18-11(3)17-13/h6-9H,5H2,1-4H3,(H,16,17,18). The lowest BCUT2D eigenvalue weighted by Gasteiger charge is -2.10. The molecule has 100 valence electrons. The molecule has 1 heterocycles. The molecule has 2 aromatic rings. The Kier molecular flexibility index (Phi) is 4.00. The predicted molar refractivity (Wildman–Crippen MR) is 77.7 cm³/mol. The van der Waals surface area contributed by atoms with E-state index in [1.807, 2.05) is 46.0 Å². The summed E-state index contributed by atoms with van der Waals surface area (Å²) >= 11 is 0. The summed E-state index contributed by atoms with van der Waals surface area (Å²) in [6.07, 6.45) is 0. The molecule has 0 aliphatic rings. The molecule has 0 fully saturated rings. The monoisotopic (exact) mass is 257 g/mol. The molecule has 4 heteroatoms. The van der Waals surface area contributed by atoms with Crippen molar-refractivity contribution in [2.45, 2.75) is 20.8 Å². The molecule has 0 bridgehead atoms. The molecule has 0 saturated carbocycles. The summed E-state index contributed by atoms with van der Waals surface area (Å²) in [5.74, 6) is 2.51. The molecule has 2 rings (SSSR count). The second kappa shape index (κ2) is 5.69. The van der Waals surface area contributed by atoms with Crippen LogP contribution in [0.3, 0.4) is 0 Å². The quantitative estimate of drug-likeness (QED) is 0.913. The number of hydrogen-bond donors (Lipinski definition) is 1. The first-order valence-corrected chi connectivity index (χ1v) is 6.41. The first-order valence-electron chi connectivity index (χ1n) is 6.41. The van der Waals surface area contributed by atoms with Gasteiger partial charge in [0.2, 0.25) is 0 Å². The van der Waals surface area contributed by atoms with Crippen molar-refractivity contribution in [1.82, 2.24) is 9.97 Å². The highest BCUT2D eigenvalue weighted by atomic mass is 16.5. The average molecular weight is 257 g/mol. The third-order valence-electron chi connectivity index (χ3n) is 2.86. The highest BCUT2D eigenvalue weighted by Gasteiger charge is 2.06. The van der Waals surface area contributed by atoms with E-state index in [1.54, 1.807) is 0 Å². The Bertz CT molecular complexity index is 582. The Morgan fingerprint density at radius 3 is 2.58 bits per heavy atom. The van der Waals surface area contributed by atoms with Crippen LogP contribution in [0, 0.1) is 13.8 Å². The maximum Gasteiger partial charge on any atom is 0.130 e. The predicted octanol–water partition coefficient (Wildman–Crippen LogP) is 3.20. The second-order valence-electron chi connectivity index (χ2n) is 4.35. The van der Waals surface area contributed by atoms with Gasteiger partial charge in [-0.1, -0.05) is 0 Å². The summed E-state index contributed by atoms with van der Waals surface area (Å²) in [6.45, 7) is 6.60. The SMILES string of the molecule is CCOc1ccc(-c2cc(NC)nc(C)n2)cc1C. The zero-order valence-corrected chi connectivity index (χ0v) is 11.8. The number of anilines is 1. The van der Waals surface area contributed by atoms with Gasteiger partial charge in [-0.05, 0) is 44.5 Å². The van der Waals surface area contributed by atoms with Gasteiger partial charge in [0, 0.05) is 18.7 Å². The van der Waals surface area contributed by atoms with E-state index in [9.17, 15) is 0 Å². The van der Waals surface area contributed by atoms with Gasteiger partial charge in [-0.3, -0.25) is 0 Å². The molecule has 0 amide bonds. The molecule has 0 saturated heterocycles. The zero-order chi connectivity index (χ0) is 13.8. The molecule has 0 unspecified atom stereocenters. The van der Waals surface area contributed by atoms with Crippen LogP contribution in [0.2, 0.25) is 0 Å². The minimum absolute atomic E-state index is 0.677.